The minimum Gasteiger partial charge on any atom is -0.378 e. The predicted molar refractivity (Wildman–Crippen MR) is 117 cm³/mol. The number of hydrogen-bond donors (Lipinski definition) is 1. The lowest BCUT2D eigenvalue weighted by atomic mass is 10.1. The van der Waals surface area contributed by atoms with Gasteiger partial charge >= 0.3 is 0 Å². The summed E-state index contributed by atoms with van der Waals surface area (Å²) in [5, 5.41) is 2.93. The minimum absolute atomic E-state index is 0.105. The van der Waals surface area contributed by atoms with Crippen LogP contribution in [0.25, 0.3) is 11.0 Å². The Morgan fingerprint density at radius 3 is 2.60 bits per heavy atom. The molecule has 1 aliphatic heterocycles. The van der Waals surface area contributed by atoms with Gasteiger partial charge in [0.2, 0.25) is 11.9 Å². The third kappa shape index (κ3) is 3.70. The van der Waals surface area contributed by atoms with E-state index >= 15 is 0 Å². The second-order valence-corrected chi connectivity index (χ2v) is 7.85. The number of anilines is 2. The van der Waals surface area contributed by atoms with Crippen molar-refractivity contribution in [1.29, 1.82) is 0 Å². The third-order valence-corrected chi connectivity index (χ3v) is 5.61. The fourth-order valence-electron chi connectivity index (χ4n) is 3.87. The molecule has 0 saturated carbocycles. The van der Waals surface area contributed by atoms with Gasteiger partial charge in [-0.1, -0.05) is 17.7 Å². The number of morpholine rings is 1. The SMILES string of the molecule is Cc1ccc(NC(=O)Cn2c(N3CCOCC3)nc3cc(C)n(C)c3c2=O)c(C)c1. The lowest BCUT2D eigenvalue weighted by Gasteiger charge is -2.29. The Balaban J connectivity index is 1.73. The number of hydrogen-bond acceptors (Lipinski definition) is 5. The molecular weight excluding hydrogens is 382 g/mol. The number of carbonyl (C=O) groups is 1. The zero-order chi connectivity index (χ0) is 21.4. The molecule has 1 fully saturated rings. The number of nitrogens with zero attached hydrogens (tertiary/aromatic N) is 4. The summed E-state index contributed by atoms with van der Waals surface area (Å²) in [6, 6.07) is 7.76. The lowest BCUT2D eigenvalue weighted by molar-refractivity contribution is -0.116. The van der Waals surface area contributed by atoms with Crippen molar-refractivity contribution in [3.8, 4) is 0 Å². The van der Waals surface area contributed by atoms with Gasteiger partial charge in [0.1, 0.15) is 12.1 Å². The van der Waals surface area contributed by atoms with Gasteiger partial charge in [-0.2, -0.15) is 0 Å². The molecule has 0 aliphatic carbocycles. The number of amides is 1. The van der Waals surface area contributed by atoms with E-state index in [1.165, 1.54) is 4.57 Å². The van der Waals surface area contributed by atoms with E-state index in [2.05, 4.69) is 5.32 Å². The van der Waals surface area contributed by atoms with Gasteiger partial charge < -0.3 is 19.5 Å². The van der Waals surface area contributed by atoms with Crippen LogP contribution in [0.15, 0.2) is 29.1 Å². The molecule has 158 valence electrons. The highest BCUT2D eigenvalue weighted by Crippen LogP contribution is 2.20. The van der Waals surface area contributed by atoms with E-state index in [9.17, 15) is 9.59 Å². The van der Waals surface area contributed by atoms with Crippen molar-refractivity contribution in [3.63, 3.8) is 0 Å². The Hall–Kier alpha value is -3.13. The normalized spacial score (nSPS) is 14.3. The van der Waals surface area contributed by atoms with Crippen LogP contribution in [0.4, 0.5) is 11.6 Å². The molecule has 0 atom stereocenters. The zero-order valence-electron chi connectivity index (χ0n) is 17.9. The molecule has 0 unspecified atom stereocenters. The van der Waals surface area contributed by atoms with Crippen LogP contribution in [0.2, 0.25) is 0 Å². The van der Waals surface area contributed by atoms with E-state index in [0.29, 0.717) is 43.3 Å². The monoisotopic (exact) mass is 409 g/mol. The van der Waals surface area contributed by atoms with Crippen molar-refractivity contribution in [2.45, 2.75) is 27.3 Å². The van der Waals surface area contributed by atoms with Crippen LogP contribution >= 0.6 is 0 Å². The number of aromatic nitrogens is 3. The molecule has 1 aromatic carbocycles. The summed E-state index contributed by atoms with van der Waals surface area (Å²) in [6.45, 7) is 8.18. The smallest absolute Gasteiger partial charge is 0.279 e. The van der Waals surface area contributed by atoms with Crippen molar-refractivity contribution >= 4 is 28.6 Å². The number of fused-ring (bicyclic) bond motifs is 1. The van der Waals surface area contributed by atoms with Crippen LogP contribution in [-0.4, -0.2) is 46.3 Å². The molecule has 4 rings (SSSR count). The predicted octanol–water partition coefficient (Wildman–Crippen LogP) is 2.14. The van der Waals surface area contributed by atoms with E-state index < -0.39 is 0 Å². The molecule has 8 nitrogen and oxygen atoms in total. The molecule has 0 bridgehead atoms. The molecule has 2 aromatic heterocycles. The number of nitrogens with one attached hydrogen (secondary N) is 1. The molecule has 3 heterocycles. The largest absolute Gasteiger partial charge is 0.378 e. The number of benzene rings is 1. The fraction of sp³-hybridized carbons (Fsp3) is 0.409. The van der Waals surface area contributed by atoms with Crippen LogP contribution in [0, 0.1) is 20.8 Å². The standard InChI is InChI=1S/C22H27N5O3/c1-14-5-6-17(15(2)11-14)23-19(28)13-27-21(29)20-18(12-16(3)25(20)4)24-22(27)26-7-9-30-10-8-26/h5-6,11-12H,7-10,13H2,1-4H3,(H,23,28). The second kappa shape index (κ2) is 7.95. The van der Waals surface area contributed by atoms with Crippen LogP contribution in [0.3, 0.4) is 0 Å². The van der Waals surface area contributed by atoms with Crippen molar-refractivity contribution in [2.24, 2.45) is 7.05 Å². The van der Waals surface area contributed by atoms with Crippen molar-refractivity contribution in [1.82, 2.24) is 14.1 Å². The van der Waals surface area contributed by atoms with E-state index in [0.717, 1.165) is 22.5 Å². The van der Waals surface area contributed by atoms with Gasteiger partial charge in [-0.25, -0.2) is 4.98 Å². The van der Waals surface area contributed by atoms with Crippen molar-refractivity contribution in [3.05, 3.63) is 51.4 Å². The fourth-order valence-corrected chi connectivity index (χ4v) is 3.87. The maximum Gasteiger partial charge on any atom is 0.279 e. The first-order chi connectivity index (χ1) is 14.3. The molecule has 0 spiro atoms. The van der Waals surface area contributed by atoms with Crippen LogP contribution in [-0.2, 0) is 23.1 Å². The van der Waals surface area contributed by atoms with Gasteiger partial charge in [0.25, 0.3) is 5.56 Å². The summed E-state index contributed by atoms with van der Waals surface area (Å²) < 4.78 is 8.75. The van der Waals surface area contributed by atoms with Gasteiger partial charge in [-0.3, -0.25) is 14.2 Å². The summed E-state index contributed by atoms with van der Waals surface area (Å²) in [5.74, 6) is 0.253. The van der Waals surface area contributed by atoms with Crippen molar-refractivity contribution < 1.29 is 9.53 Å². The van der Waals surface area contributed by atoms with E-state index in [4.69, 9.17) is 9.72 Å². The van der Waals surface area contributed by atoms with Gasteiger partial charge in [0.15, 0.2) is 0 Å². The summed E-state index contributed by atoms with van der Waals surface area (Å²) in [4.78, 5) is 33.0. The summed E-state index contributed by atoms with van der Waals surface area (Å²) in [7, 11) is 1.84. The van der Waals surface area contributed by atoms with Crippen LogP contribution in [0.5, 0.6) is 0 Å². The zero-order valence-corrected chi connectivity index (χ0v) is 17.9. The number of rotatable bonds is 4. The Morgan fingerprint density at radius 1 is 1.17 bits per heavy atom. The topological polar surface area (TPSA) is 81.4 Å². The molecule has 8 heteroatoms. The molecule has 1 N–H and O–H groups in total. The number of ether oxygens (including phenoxy) is 1. The molecule has 1 saturated heterocycles. The first-order valence-corrected chi connectivity index (χ1v) is 10.1. The van der Waals surface area contributed by atoms with E-state index in [-0.39, 0.29) is 18.0 Å². The van der Waals surface area contributed by atoms with Crippen molar-refractivity contribution in [2.75, 3.05) is 36.5 Å². The van der Waals surface area contributed by atoms with Gasteiger partial charge in [-0.15, -0.1) is 0 Å². The van der Waals surface area contributed by atoms with E-state index in [1.54, 1.807) is 0 Å². The molecule has 1 amide bonds. The Morgan fingerprint density at radius 2 is 1.90 bits per heavy atom. The summed E-state index contributed by atoms with van der Waals surface area (Å²) >= 11 is 0. The van der Waals surface area contributed by atoms with Crippen LogP contribution < -0.4 is 15.8 Å². The number of aryl methyl sites for hydroxylation is 4. The average molecular weight is 409 g/mol. The Labute approximate surface area is 175 Å². The minimum atomic E-state index is -0.259. The first-order valence-electron chi connectivity index (χ1n) is 10.1. The third-order valence-electron chi connectivity index (χ3n) is 5.61. The molecule has 1 aliphatic rings. The highest BCUT2D eigenvalue weighted by Gasteiger charge is 2.22. The first kappa shape index (κ1) is 20.2. The van der Waals surface area contributed by atoms with Crippen LogP contribution in [0.1, 0.15) is 16.8 Å². The molecule has 3 aromatic rings. The highest BCUT2D eigenvalue weighted by molar-refractivity contribution is 5.92. The summed E-state index contributed by atoms with van der Waals surface area (Å²) in [5.41, 5.74) is 4.74. The van der Waals surface area contributed by atoms with E-state index in [1.807, 2.05) is 61.6 Å². The summed E-state index contributed by atoms with van der Waals surface area (Å²) in [6.07, 6.45) is 0. The maximum atomic E-state index is 13.4. The lowest BCUT2D eigenvalue weighted by Crippen LogP contribution is -2.42. The Bertz CT molecular complexity index is 1170. The number of carbonyl (C=O) groups excluding carboxylic acids is 1. The molecular formula is C22H27N5O3. The quantitative estimate of drug-likeness (QED) is 0.714. The van der Waals surface area contributed by atoms with Gasteiger partial charge in [0.05, 0.1) is 18.7 Å². The maximum absolute atomic E-state index is 13.4. The Kier molecular flexibility index (Phi) is 5.34. The molecule has 30 heavy (non-hydrogen) atoms. The highest BCUT2D eigenvalue weighted by atomic mass is 16.5. The molecule has 0 radical (unpaired) electrons. The second-order valence-electron chi connectivity index (χ2n) is 7.85. The van der Waals surface area contributed by atoms with Gasteiger partial charge in [-0.05, 0) is 38.5 Å². The van der Waals surface area contributed by atoms with Gasteiger partial charge in [0, 0.05) is 31.5 Å². The average Bonchev–Trinajstić information content (AvgIpc) is 3.01.